The fraction of sp³-hybridized carbons (Fsp3) is 0.700. The summed E-state index contributed by atoms with van der Waals surface area (Å²) in [5.74, 6) is 1.36. The van der Waals surface area contributed by atoms with Crippen LogP contribution in [-0.4, -0.2) is 144 Å². The van der Waals surface area contributed by atoms with Crippen LogP contribution in [0.2, 0.25) is 0 Å². The average Bonchev–Trinajstić information content (AvgIpc) is 3.02. The molecule has 0 radical (unpaired) electrons. The SMILES string of the molecule is Cc1nnc(-c2ccc(OCCOCCOCCOCCOCCC(=O)NCC3O[C@H](OC(C)(C)C)[C@@H](O)C(O)[C@@H]3O)cc2)nn1. The molecule has 1 aromatic heterocycles. The molecule has 2 aromatic rings. The van der Waals surface area contributed by atoms with Gasteiger partial charge < -0.3 is 53.8 Å². The van der Waals surface area contributed by atoms with Crippen molar-refractivity contribution in [2.45, 2.75) is 70.4 Å². The van der Waals surface area contributed by atoms with Crippen molar-refractivity contribution in [3.05, 3.63) is 30.1 Å². The third-order valence-electron chi connectivity index (χ3n) is 6.42. The number of hydrogen-bond donors (Lipinski definition) is 4. The molecule has 5 atom stereocenters. The van der Waals surface area contributed by atoms with Gasteiger partial charge in [-0.1, -0.05) is 0 Å². The van der Waals surface area contributed by atoms with Crippen LogP contribution >= 0.6 is 0 Å². The van der Waals surface area contributed by atoms with Crippen molar-refractivity contribution in [1.82, 2.24) is 25.7 Å². The third-order valence-corrected chi connectivity index (χ3v) is 6.42. The zero-order valence-electron chi connectivity index (χ0n) is 26.9. The summed E-state index contributed by atoms with van der Waals surface area (Å²) in [6, 6.07) is 7.33. The molecular formula is C30H47N5O11. The summed E-state index contributed by atoms with van der Waals surface area (Å²) < 4.78 is 38.7. The Balaban J connectivity index is 1.10. The highest BCUT2D eigenvalue weighted by molar-refractivity contribution is 5.75. The topological polar surface area (TPSA) is 206 Å². The minimum absolute atomic E-state index is 0.0628. The van der Waals surface area contributed by atoms with Gasteiger partial charge in [-0.2, -0.15) is 0 Å². The van der Waals surface area contributed by atoms with Crippen molar-refractivity contribution in [1.29, 1.82) is 0 Å². The number of aryl methyl sites for hydroxylation is 1. The molecule has 1 saturated heterocycles. The number of nitrogens with zero attached hydrogens (tertiary/aromatic N) is 4. The number of carbonyl (C=O) groups is 1. The molecule has 0 bridgehead atoms. The molecule has 258 valence electrons. The summed E-state index contributed by atoms with van der Waals surface area (Å²) in [5, 5.41) is 49.0. The molecule has 1 fully saturated rings. The molecule has 16 heteroatoms. The largest absolute Gasteiger partial charge is 0.491 e. The van der Waals surface area contributed by atoms with E-state index in [0.717, 1.165) is 5.56 Å². The summed E-state index contributed by atoms with van der Waals surface area (Å²) in [5.41, 5.74) is 0.156. The number of benzene rings is 1. The maximum Gasteiger partial charge on any atom is 0.222 e. The molecule has 0 spiro atoms. The van der Waals surface area contributed by atoms with Crippen LogP contribution in [0.3, 0.4) is 0 Å². The van der Waals surface area contributed by atoms with Crippen LogP contribution in [0, 0.1) is 6.92 Å². The summed E-state index contributed by atoms with van der Waals surface area (Å²) in [6.07, 6.45) is -6.25. The standard InChI is InChI=1S/C30H47N5O11/c1-20-32-34-28(35-33-20)21-5-7-22(8-6-21)44-18-17-43-16-15-42-14-13-41-12-11-40-10-9-24(36)31-19-23-25(37)26(38)27(39)29(45-23)46-30(2,3)4/h5-8,23,25-27,29,37-39H,9-19H2,1-4H3,(H,31,36)/t23?,25-,26?,27+,29-/m1/s1. The second kappa shape index (κ2) is 19.7. The molecule has 46 heavy (non-hydrogen) atoms. The van der Waals surface area contributed by atoms with Crippen LogP contribution in [0.15, 0.2) is 24.3 Å². The van der Waals surface area contributed by atoms with Crippen LogP contribution in [0.5, 0.6) is 5.75 Å². The lowest BCUT2D eigenvalue weighted by Gasteiger charge is -2.42. The highest BCUT2D eigenvalue weighted by Crippen LogP contribution is 2.25. The van der Waals surface area contributed by atoms with Crippen LogP contribution in [0.25, 0.3) is 11.4 Å². The number of carbonyl (C=O) groups excluding carboxylic acids is 1. The van der Waals surface area contributed by atoms with E-state index in [9.17, 15) is 20.1 Å². The van der Waals surface area contributed by atoms with Crippen molar-refractivity contribution in [3.8, 4) is 17.1 Å². The van der Waals surface area contributed by atoms with Gasteiger partial charge in [0.25, 0.3) is 0 Å². The molecule has 1 aromatic carbocycles. The number of aromatic nitrogens is 4. The third kappa shape index (κ3) is 13.8. The van der Waals surface area contributed by atoms with Gasteiger partial charge >= 0.3 is 0 Å². The van der Waals surface area contributed by atoms with E-state index in [1.807, 2.05) is 24.3 Å². The van der Waals surface area contributed by atoms with Crippen molar-refractivity contribution in [3.63, 3.8) is 0 Å². The number of ether oxygens (including phenoxy) is 7. The molecular weight excluding hydrogens is 606 g/mol. The number of amides is 1. The first-order chi connectivity index (χ1) is 22.0. The Morgan fingerprint density at radius 3 is 1.89 bits per heavy atom. The van der Waals surface area contributed by atoms with Gasteiger partial charge in [0.1, 0.15) is 36.8 Å². The molecule has 1 aliphatic heterocycles. The first kappa shape index (κ1) is 37.5. The molecule has 1 amide bonds. The molecule has 1 aliphatic rings. The average molecular weight is 654 g/mol. The zero-order chi connectivity index (χ0) is 33.4. The number of nitrogens with one attached hydrogen (secondary N) is 1. The van der Waals surface area contributed by atoms with Gasteiger partial charge in [0.2, 0.25) is 11.7 Å². The summed E-state index contributed by atoms with van der Waals surface area (Å²) in [7, 11) is 0. The van der Waals surface area contributed by atoms with Crippen LogP contribution in [0.1, 0.15) is 33.0 Å². The van der Waals surface area contributed by atoms with Gasteiger partial charge in [-0.05, 0) is 52.0 Å². The Bertz CT molecular complexity index is 1140. The quantitative estimate of drug-likeness (QED) is 0.137. The first-order valence-electron chi connectivity index (χ1n) is 15.3. The van der Waals surface area contributed by atoms with Crippen molar-refractivity contribution < 1.29 is 53.3 Å². The van der Waals surface area contributed by atoms with E-state index < -0.39 is 36.3 Å². The normalized spacial score (nSPS) is 21.7. The van der Waals surface area contributed by atoms with E-state index in [0.29, 0.717) is 70.3 Å². The predicted octanol–water partition coefficient (Wildman–Crippen LogP) is -0.184. The van der Waals surface area contributed by atoms with E-state index in [1.165, 1.54) is 0 Å². The first-order valence-corrected chi connectivity index (χ1v) is 15.3. The minimum Gasteiger partial charge on any atom is -0.491 e. The Kier molecular flexibility index (Phi) is 16.0. The summed E-state index contributed by atoms with van der Waals surface area (Å²) >= 11 is 0. The second-order valence-corrected chi connectivity index (χ2v) is 11.4. The van der Waals surface area contributed by atoms with Crippen LogP contribution in [0.4, 0.5) is 0 Å². The number of aliphatic hydroxyl groups is 3. The van der Waals surface area contributed by atoms with Gasteiger partial charge in [-0.25, -0.2) is 0 Å². The number of aliphatic hydroxyl groups excluding tert-OH is 3. The highest BCUT2D eigenvalue weighted by atomic mass is 16.7. The maximum absolute atomic E-state index is 12.2. The fourth-order valence-electron chi connectivity index (χ4n) is 4.07. The Morgan fingerprint density at radius 1 is 0.783 bits per heavy atom. The monoisotopic (exact) mass is 653 g/mol. The van der Waals surface area contributed by atoms with E-state index in [1.54, 1.807) is 27.7 Å². The second-order valence-electron chi connectivity index (χ2n) is 11.4. The van der Waals surface area contributed by atoms with E-state index in [-0.39, 0.29) is 25.5 Å². The summed E-state index contributed by atoms with van der Waals surface area (Å²) in [6.45, 7) is 10.3. The van der Waals surface area contributed by atoms with Gasteiger partial charge in [-0.3, -0.25) is 4.79 Å². The molecule has 0 saturated carbocycles. The van der Waals surface area contributed by atoms with Gasteiger partial charge in [-0.15, -0.1) is 20.4 Å². The Morgan fingerprint density at radius 2 is 1.33 bits per heavy atom. The fourth-order valence-corrected chi connectivity index (χ4v) is 4.07. The molecule has 4 N–H and O–H groups in total. The molecule has 16 nitrogen and oxygen atoms in total. The molecule has 2 heterocycles. The lowest BCUT2D eigenvalue weighted by molar-refractivity contribution is -0.316. The Labute approximate surface area is 268 Å². The van der Waals surface area contributed by atoms with Crippen molar-refractivity contribution in [2.24, 2.45) is 0 Å². The van der Waals surface area contributed by atoms with Crippen molar-refractivity contribution in [2.75, 3.05) is 66.0 Å². The molecule has 2 unspecified atom stereocenters. The summed E-state index contributed by atoms with van der Waals surface area (Å²) in [4.78, 5) is 12.2. The molecule has 0 aliphatic carbocycles. The smallest absolute Gasteiger partial charge is 0.222 e. The maximum atomic E-state index is 12.2. The lowest BCUT2D eigenvalue weighted by atomic mass is 9.98. The van der Waals surface area contributed by atoms with Gasteiger partial charge in [0.15, 0.2) is 12.1 Å². The Hall–Kier alpha value is -2.93. The van der Waals surface area contributed by atoms with Gasteiger partial charge in [0.05, 0.1) is 58.5 Å². The molecule has 3 rings (SSSR count). The minimum atomic E-state index is -1.47. The van der Waals surface area contributed by atoms with E-state index >= 15 is 0 Å². The zero-order valence-corrected chi connectivity index (χ0v) is 26.9. The predicted molar refractivity (Wildman–Crippen MR) is 162 cm³/mol. The number of rotatable bonds is 20. The lowest BCUT2D eigenvalue weighted by Crippen LogP contribution is -2.61. The highest BCUT2D eigenvalue weighted by Gasteiger charge is 2.45. The number of hydrogen-bond acceptors (Lipinski definition) is 15. The van der Waals surface area contributed by atoms with E-state index in [4.69, 9.17) is 33.2 Å². The van der Waals surface area contributed by atoms with Crippen molar-refractivity contribution >= 4 is 5.91 Å². The van der Waals surface area contributed by atoms with Crippen LogP contribution < -0.4 is 10.1 Å². The van der Waals surface area contributed by atoms with Crippen LogP contribution in [-0.2, 0) is 33.2 Å². The van der Waals surface area contributed by atoms with E-state index in [2.05, 4.69) is 25.7 Å². The van der Waals surface area contributed by atoms with Gasteiger partial charge in [0, 0.05) is 18.5 Å².